The standard InChI is InChI=1S/C22H29N5O3/c1-12(2)19-10-15(25-14(4)28)11-20(30-19)16-7-5-6-8-17(16)26-21(29)18-9-13(3)24-22(23)27-18/h5-9,12,15,19-20H,10-11H2,1-4H3,(H,25,28)(H,26,29)(H2,23,24,27)/t15-,19-,20+/m1/s1. The monoisotopic (exact) mass is 411 g/mol. The van der Waals surface area contributed by atoms with Gasteiger partial charge in [0.2, 0.25) is 11.9 Å². The second-order valence-electron chi connectivity index (χ2n) is 8.07. The molecule has 0 bridgehead atoms. The fraction of sp³-hybridized carbons (Fsp3) is 0.455. The van der Waals surface area contributed by atoms with Gasteiger partial charge < -0.3 is 21.1 Å². The Labute approximate surface area is 176 Å². The van der Waals surface area contributed by atoms with E-state index in [1.165, 1.54) is 6.92 Å². The van der Waals surface area contributed by atoms with Crippen molar-refractivity contribution < 1.29 is 14.3 Å². The van der Waals surface area contributed by atoms with E-state index in [1.54, 1.807) is 13.0 Å². The number of rotatable bonds is 5. The molecule has 1 aliphatic heterocycles. The van der Waals surface area contributed by atoms with Crippen LogP contribution in [0.25, 0.3) is 0 Å². The van der Waals surface area contributed by atoms with Crippen LogP contribution >= 0.6 is 0 Å². The van der Waals surface area contributed by atoms with E-state index < -0.39 is 0 Å². The molecule has 8 nitrogen and oxygen atoms in total. The maximum atomic E-state index is 12.8. The summed E-state index contributed by atoms with van der Waals surface area (Å²) < 4.78 is 6.36. The summed E-state index contributed by atoms with van der Waals surface area (Å²) in [5.41, 5.74) is 8.02. The smallest absolute Gasteiger partial charge is 0.274 e. The van der Waals surface area contributed by atoms with Crippen LogP contribution in [0.2, 0.25) is 0 Å². The van der Waals surface area contributed by atoms with Gasteiger partial charge in [-0.3, -0.25) is 9.59 Å². The Balaban J connectivity index is 1.86. The molecule has 0 unspecified atom stereocenters. The topological polar surface area (TPSA) is 119 Å². The van der Waals surface area contributed by atoms with E-state index in [2.05, 4.69) is 34.4 Å². The zero-order chi connectivity index (χ0) is 21.8. The number of ether oxygens (including phenoxy) is 1. The van der Waals surface area contributed by atoms with Crippen LogP contribution in [0.4, 0.5) is 11.6 Å². The molecule has 3 rings (SSSR count). The number of carbonyl (C=O) groups is 2. The molecule has 1 fully saturated rings. The highest BCUT2D eigenvalue weighted by Gasteiger charge is 2.33. The van der Waals surface area contributed by atoms with Crippen molar-refractivity contribution in [3.05, 3.63) is 47.3 Å². The average Bonchev–Trinajstić information content (AvgIpc) is 2.66. The van der Waals surface area contributed by atoms with Crippen LogP contribution in [0.3, 0.4) is 0 Å². The van der Waals surface area contributed by atoms with Crippen molar-refractivity contribution in [1.29, 1.82) is 0 Å². The van der Waals surface area contributed by atoms with Gasteiger partial charge in [0, 0.05) is 29.9 Å². The third kappa shape index (κ3) is 5.33. The normalized spacial score (nSPS) is 21.3. The summed E-state index contributed by atoms with van der Waals surface area (Å²) in [6.45, 7) is 7.49. The van der Waals surface area contributed by atoms with Crippen LogP contribution < -0.4 is 16.4 Å². The molecule has 2 aromatic rings. The molecule has 0 radical (unpaired) electrons. The number of anilines is 2. The summed E-state index contributed by atoms with van der Waals surface area (Å²) in [5, 5.41) is 5.95. The first-order chi connectivity index (χ1) is 14.2. The van der Waals surface area contributed by atoms with Gasteiger partial charge in [-0.1, -0.05) is 32.0 Å². The van der Waals surface area contributed by atoms with Gasteiger partial charge >= 0.3 is 0 Å². The number of nitrogens with two attached hydrogens (primary N) is 1. The fourth-order valence-electron chi connectivity index (χ4n) is 3.78. The Bertz CT molecular complexity index is 910. The van der Waals surface area contributed by atoms with E-state index in [4.69, 9.17) is 10.5 Å². The molecule has 0 saturated carbocycles. The second kappa shape index (κ2) is 9.21. The summed E-state index contributed by atoms with van der Waals surface area (Å²) in [6, 6.07) is 9.14. The third-order valence-electron chi connectivity index (χ3n) is 5.17. The van der Waals surface area contributed by atoms with Crippen molar-refractivity contribution in [2.45, 2.75) is 58.8 Å². The van der Waals surface area contributed by atoms with Crippen LogP contribution in [0, 0.1) is 12.8 Å². The summed E-state index contributed by atoms with van der Waals surface area (Å²) >= 11 is 0. The Morgan fingerprint density at radius 2 is 1.93 bits per heavy atom. The molecule has 3 atom stereocenters. The lowest BCUT2D eigenvalue weighted by Crippen LogP contribution is -2.43. The Morgan fingerprint density at radius 3 is 2.60 bits per heavy atom. The maximum absolute atomic E-state index is 12.8. The van der Waals surface area contributed by atoms with Crippen molar-refractivity contribution in [3.8, 4) is 0 Å². The number of carbonyl (C=O) groups excluding carboxylic acids is 2. The van der Waals surface area contributed by atoms with Gasteiger partial charge in [0.1, 0.15) is 5.69 Å². The number of para-hydroxylation sites is 1. The number of hydrogen-bond acceptors (Lipinski definition) is 6. The zero-order valence-corrected chi connectivity index (χ0v) is 17.8. The number of nitrogens with one attached hydrogen (secondary N) is 2. The Morgan fingerprint density at radius 1 is 1.20 bits per heavy atom. The molecule has 0 spiro atoms. The van der Waals surface area contributed by atoms with E-state index in [-0.39, 0.29) is 41.7 Å². The highest BCUT2D eigenvalue weighted by Crippen LogP contribution is 2.37. The number of benzene rings is 1. The fourth-order valence-corrected chi connectivity index (χ4v) is 3.78. The highest BCUT2D eigenvalue weighted by atomic mass is 16.5. The van der Waals surface area contributed by atoms with E-state index in [9.17, 15) is 9.59 Å². The summed E-state index contributed by atoms with van der Waals surface area (Å²) in [6.07, 6.45) is 1.15. The largest absolute Gasteiger partial charge is 0.370 e. The van der Waals surface area contributed by atoms with Crippen molar-refractivity contribution in [2.75, 3.05) is 11.1 Å². The van der Waals surface area contributed by atoms with Crippen LogP contribution in [0.15, 0.2) is 30.3 Å². The molecule has 8 heteroatoms. The lowest BCUT2D eigenvalue weighted by atomic mass is 9.89. The number of amides is 2. The SMILES string of the molecule is CC(=O)N[C@H]1C[C@@H](c2ccccc2NC(=O)c2cc(C)nc(N)n2)O[C@@H](C(C)C)C1. The lowest BCUT2D eigenvalue weighted by Gasteiger charge is -2.38. The van der Waals surface area contributed by atoms with Crippen LogP contribution in [-0.4, -0.2) is 33.9 Å². The third-order valence-corrected chi connectivity index (χ3v) is 5.17. The van der Waals surface area contributed by atoms with Crippen molar-refractivity contribution in [3.63, 3.8) is 0 Å². The lowest BCUT2D eigenvalue weighted by molar-refractivity contribution is -0.123. The summed E-state index contributed by atoms with van der Waals surface area (Å²) in [5.74, 6) is -0.0597. The minimum atomic E-state index is -0.366. The molecule has 1 saturated heterocycles. The minimum absolute atomic E-state index is 0.00803. The van der Waals surface area contributed by atoms with Gasteiger partial charge in [-0.25, -0.2) is 9.97 Å². The van der Waals surface area contributed by atoms with Crippen molar-refractivity contribution >= 4 is 23.5 Å². The van der Waals surface area contributed by atoms with E-state index in [0.29, 0.717) is 23.7 Å². The van der Waals surface area contributed by atoms with Gasteiger partial charge in [-0.05, 0) is 37.8 Å². The van der Waals surface area contributed by atoms with Crippen molar-refractivity contribution in [1.82, 2.24) is 15.3 Å². The number of aromatic nitrogens is 2. The average molecular weight is 412 g/mol. The van der Waals surface area contributed by atoms with Gasteiger partial charge in [0.15, 0.2) is 0 Å². The van der Waals surface area contributed by atoms with E-state index in [1.807, 2.05) is 24.3 Å². The molecule has 2 heterocycles. The zero-order valence-electron chi connectivity index (χ0n) is 17.8. The number of nitrogen functional groups attached to an aromatic ring is 1. The second-order valence-corrected chi connectivity index (χ2v) is 8.07. The summed E-state index contributed by atoms with van der Waals surface area (Å²) in [7, 11) is 0. The van der Waals surface area contributed by atoms with Crippen LogP contribution in [0.5, 0.6) is 0 Å². The Hall–Kier alpha value is -3.00. The number of aryl methyl sites for hydroxylation is 1. The number of hydrogen-bond donors (Lipinski definition) is 3. The molecule has 2 amide bonds. The van der Waals surface area contributed by atoms with Gasteiger partial charge in [-0.15, -0.1) is 0 Å². The molecule has 1 aromatic heterocycles. The van der Waals surface area contributed by atoms with Gasteiger partial charge in [0.05, 0.1) is 12.2 Å². The quantitative estimate of drug-likeness (QED) is 0.696. The Kier molecular flexibility index (Phi) is 6.66. The van der Waals surface area contributed by atoms with E-state index >= 15 is 0 Å². The van der Waals surface area contributed by atoms with Gasteiger partial charge in [0.25, 0.3) is 5.91 Å². The first kappa shape index (κ1) is 21.7. The maximum Gasteiger partial charge on any atom is 0.274 e. The van der Waals surface area contributed by atoms with Crippen LogP contribution in [-0.2, 0) is 9.53 Å². The molecule has 1 aliphatic rings. The van der Waals surface area contributed by atoms with E-state index in [0.717, 1.165) is 12.0 Å². The number of nitrogens with zero attached hydrogens (tertiary/aromatic N) is 2. The molecule has 30 heavy (non-hydrogen) atoms. The van der Waals surface area contributed by atoms with Crippen LogP contribution in [0.1, 0.15) is 61.5 Å². The first-order valence-electron chi connectivity index (χ1n) is 10.2. The summed E-state index contributed by atoms with van der Waals surface area (Å²) in [4.78, 5) is 32.4. The molecular weight excluding hydrogens is 382 g/mol. The minimum Gasteiger partial charge on any atom is -0.370 e. The first-order valence-corrected chi connectivity index (χ1v) is 10.2. The highest BCUT2D eigenvalue weighted by molar-refractivity contribution is 6.03. The molecule has 4 N–H and O–H groups in total. The molecule has 0 aliphatic carbocycles. The predicted octanol–water partition coefficient (Wildman–Crippen LogP) is 3.00. The predicted molar refractivity (Wildman–Crippen MR) is 115 cm³/mol. The molecule has 1 aromatic carbocycles. The van der Waals surface area contributed by atoms with Crippen molar-refractivity contribution in [2.24, 2.45) is 5.92 Å². The molecule has 160 valence electrons. The molecular formula is C22H29N5O3. The van der Waals surface area contributed by atoms with Gasteiger partial charge in [-0.2, -0.15) is 0 Å².